The van der Waals surface area contributed by atoms with Crippen molar-refractivity contribution in [1.29, 1.82) is 0 Å². The zero-order valence-corrected chi connectivity index (χ0v) is 20.1. The maximum atomic E-state index is 13.4. The molecule has 7 heteroatoms. The van der Waals surface area contributed by atoms with Gasteiger partial charge in [-0.15, -0.1) is 0 Å². The van der Waals surface area contributed by atoms with E-state index in [1.54, 1.807) is 61.7 Å². The second kappa shape index (κ2) is 9.12. The predicted molar refractivity (Wildman–Crippen MR) is 134 cm³/mol. The number of aliphatic hydroxyl groups excluding tert-OH is 1. The highest BCUT2D eigenvalue weighted by Gasteiger charge is 2.47. The van der Waals surface area contributed by atoms with Crippen LogP contribution in [0.3, 0.4) is 0 Å². The minimum absolute atomic E-state index is 0.0218. The molecule has 5 rings (SSSR count). The van der Waals surface area contributed by atoms with Crippen molar-refractivity contribution in [3.8, 4) is 11.5 Å². The molecule has 6 nitrogen and oxygen atoms in total. The van der Waals surface area contributed by atoms with E-state index in [0.29, 0.717) is 34.2 Å². The standard InChI is InChI=1S/C28H24ClNO5/c1-16-5-9-20(15-22(16)29)30-25(17-6-10-21(34-2)11-7-17)24(27(32)28(30)33)26(31)19-8-12-23-18(14-19)4-3-13-35-23/h5-12,14-15,25,31H,3-4,13H2,1-2H3/b26-24-. The number of anilines is 1. The van der Waals surface area contributed by atoms with E-state index >= 15 is 0 Å². The maximum absolute atomic E-state index is 13.4. The third kappa shape index (κ3) is 4.04. The minimum Gasteiger partial charge on any atom is -0.507 e. The number of nitrogens with zero attached hydrogens (tertiary/aromatic N) is 1. The van der Waals surface area contributed by atoms with Crippen LogP contribution in [-0.2, 0) is 16.0 Å². The summed E-state index contributed by atoms with van der Waals surface area (Å²) in [5.74, 6) is -0.297. The van der Waals surface area contributed by atoms with E-state index in [4.69, 9.17) is 21.1 Å². The number of rotatable bonds is 4. The molecule has 1 fully saturated rings. The topological polar surface area (TPSA) is 76.1 Å². The number of hydrogen-bond donors (Lipinski definition) is 1. The lowest BCUT2D eigenvalue weighted by Crippen LogP contribution is -2.29. The monoisotopic (exact) mass is 489 g/mol. The summed E-state index contributed by atoms with van der Waals surface area (Å²) < 4.78 is 11.0. The summed E-state index contributed by atoms with van der Waals surface area (Å²) in [6.45, 7) is 2.51. The van der Waals surface area contributed by atoms with Crippen LogP contribution in [0.2, 0.25) is 5.02 Å². The Balaban J connectivity index is 1.69. The van der Waals surface area contributed by atoms with Crippen molar-refractivity contribution < 1.29 is 24.2 Å². The third-order valence-electron chi connectivity index (χ3n) is 6.49. The fraction of sp³-hybridized carbons (Fsp3) is 0.214. The summed E-state index contributed by atoms with van der Waals surface area (Å²) in [6.07, 6.45) is 1.69. The van der Waals surface area contributed by atoms with Gasteiger partial charge in [0.25, 0.3) is 11.7 Å². The van der Waals surface area contributed by atoms with Crippen LogP contribution >= 0.6 is 11.6 Å². The van der Waals surface area contributed by atoms with Gasteiger partial charge in [-0.2, -0.15) is 0 Å². The molecule has 1 amide bonds. The van der Waals surface area contributed by atoms with E-state index in [1.807, 2.05) is 13.0 Å². The molecule has 3 aromatic rings. The van der Waals surface area contributed by atoms with Gasteiger partial charge in [0.15, 0.2) is 0 Å². The van der Waals surface area contributed by atoms with Crippen LogP contribution in [0, 0.1) is 6.92 Å². The Labute approximate surface area is 208 Å². The maximum Gasteiger partial charge on any atom is 0.300 e. The number of hydrogen-bond acceptors (Lipinski definition) is 5. The fourth-order valence-corrected chi connectivity index (χ4v) is 4.77. The third-order valence-corrected chi connectivity index (χ3v) is 6.90. The second-order valence-corrected chi connectivity index (χ2v) is 9.06. The molecule has 0 saturated carbocycles. The van der Waals surface area contributed by atoms with Crippen molar-refractivity contribution in [1.82, 2.24) is 0 Å². The summed E-state index contributed by atoms with van der Waals surface area (Å²) >= 11 is 6.36. The van der Waals surface area contributed by atoms with E-state index in [-0.39, 0.29) is 11.3 Å². The number of ketones is 1. The van der Waals surface area contributed by atoms with E-state index in [1.165, 1.54) is 4.90 Å². The van der Waals surface area contributed by atoms with Crippen LogP contribution in [0.25, 0.3) is 5.76 Å². The number of benzene rings is 3. The normalized spacial score (nSPS) is 18.8. The number of carbonyl (C=O) groups is 2. The Morgan fingerprint density at radius 3 is 2.57 bits per heavy atom. The van der Waals surface area contributed by atoms with Crippen LogP contribution in [0.1, 0.15) is 34.7 Å². The Kier molecular flexibility index (Phi) is 5.99. The first-order valence-corrected chi connectivity index (χ1v) is 11.7. The molecule has 1 atom stereocenters. The van der Waals surface area contributed by atoms with Gasteiger partial charge in [0.1, 0.15) is 17.3 Å². The first-order valence-electron chi connectivity index (χ1n) is 11.4. The molecule has 3 aromatic carbocycles. The Morgan fingerprint density at radius 2 is 1.86 bits per heavy atom. The van der Waals surface area contributed by atoms with E-state index < -0.39 is 17.7 Å². The SMILES string of the molecule is COc1ccc(C2/C(=C(/O)c3ccc4c(c3)CCCO4)C(=O)C(=O)N2c2ccc(C)c(Cl)c2)cc1. The summed E-state index contributed by atoms with van der Waals surface area (Å²) in [5.41, 5.74) is 3.43. The van der Waals surface area contributed by atoms with Gasteiger partial charge in [-0.1, -0.05) is 29.8 Å². The smallest absolute Gasteiger partial charge is 0.300 e. The average molecular weight is 490 g/mol. The van der Waals surface area contributed by atoms with Crippen LogP contribution < -0.4 is 14.4 Å². The molecule has 2 aliphatic heterocycles. The lowest BCUT2D eigenvalue weighted by Gasteiger charge is -2.26. The molecular formula is C28H24ClNO5. The zero-order valence-electron chi connectivity index (χ0n) is 19.4. The molecule has 2 aliphatic rings. The number of amides is 1. The van der Waals surface area contributed by atoms with Gasteiger partial charge in [-0.3, -0.25) is 14.5 Å². The van der Waals surface area contributed by atoms with Gasteiger partial charge in [0.2, 0.25) is 0 Å². The summed E-state index contributed by atoms with van der Waals surface area (Å²) in [4.78, 5) is 28.1. The molecule has 2 heterocycles. The first-order chi connectivity index (χ1) is 16.9. The van der Waals surface area contributed by atoms with Gasteiger partial charge in [0, 0.05) is 16.3 Å². The zero-order chi connectivity index (χ0) is 24.7. The van der Waals surface area contributed by atoms with Crippen LogP contribution in [0.4, 0.5) is 5.69 Å². The number of ether oxygens (including phenoxy) is 2. The highest BCUT2D eigenvalue weighted by atomic mass is 35.5. The highest BCUT2D eigenvalue weighted by molar-refractivity contribution is 6.51. The Morgan fingerprint density at radius 1 is 1.09 bits per heavy atom. The van der Waals surface area contributed by atoms with E-state index in [0.717, 1.165) is 29.7 Å². The number of fused-ring (bicyclic) bond motifs is 1. The summed E-state index contributed by atoms with van der Waals surface area (Å²) in [6, 6.07) is 16.8. The van der Waals surface area contributed by atoms with Crippen molar-refractivity contribution in [2.75, 3.05) is 18.6 Å². The van der Waals surface area contributed by atoms with Crippen LogP contribution in [-0.4, -0.2) is 30.5 Å². The van der Waals surface area contributed by atoms with Crippen molar-refractivity contribution in [3.05, 3.63) is 93.5 Å². The molecule has 0 spiro atoms. The Hall–Kier alpha value is -3.77. The summed E-state index contributed by atoms with van der Waals surface area (Å²) in [7, 11) is 1.56. The molecule has 1 saturated heterocycles. The highest BCUT2D eigenvalue weighted by Crippen LogP contribution is 2.43. The number of Topliss-reactive ketones (excluding diaryl/α,β-unsaturated/α-hetero) is 1. The number of carbonyl (C=O) groups excluding carboxylic acids is 2. The number of aryl methyl sites for hydroxylation is 2. The van der Waals surface area contributed by atoms with Gasteiger partial charge >= 0.3 is 0 Å². The molecule has 0 bridgehead atoms. The Bertz CT molecular complexity index is 1360. The number of aliphatic hydroxyl groups is 1. The largest absolute Gasteiger partial charge is 0.507 e. The minimum atomic E-state index is -0.841. The fourth-order valence-electron chi connectivity index (χ4n) is 4.60. The van der Waals surface area contributed by atoms with Crippen molar-refractivity contribution >= 4 is 34.7 Å². The lowest BCUT2D eigenvalue weighted by molar-refractivity contribution is -0.132. The van der Waals surface area contributed by atoms with Gasteiger partial charge in [-0.05, 0) is 78.9 Å². The molecule has 1 unspecified atom stereocenters. The van der Waals surface area contributed by atoms with Crippen LogP contribution in [0.15, 0.2) is 66.2 Å². The van der Waals surface area contributed by atoms with Gasteiger partial charge in [-0.25, -0.2) is 0 Å². The number of methoxy groups -OCH3 is 1. The van der Waals surface area contributed by atoms with E-state index in [2.05, 4.69) is 0 Å². The molecule has 0 radical (unpaired) electrons. The second-order valence-electron chi connectivity index (χ2n) is 8.65. The summed E-state index contributed by atoms with van der Waals surface area (Å²) in [5, 5.41) is 11.9. The van der Waals surface area contributed by atoms with Crippen molar-refractivity contribution in [2.45, 2.75) is 25.8 Å². The van der Waals surface area contributed by atoms with Crippen molar-refractivity contribution in [3.63, 3.8) is 0 Å². The number of halogens is 1. The molecule has 0 aliphatic carbocycles. The quantitative estimate of drug-likeness (QED) is 0.293. The van der Waals surface area contributed by atoms with Crippen LogP contribution in [0.5, 0.6) is 11.5 Å². The average Bonchev–Trinajstić information content (AvgIpc) is 3.15. The van der Waals surface area contributed by atoms with Gasteiger partial charge in [0.05, 0.1) is 25.3 Å². The molecule has 178 valence electrons. The first kappa shape index (κ1) is 23.0. The van der Waals surface area contributed by atoms with E-state index in [9.17, 15) is 14.7 Å². The van der Waals surface area contributed by atoms with Crippen molar-refractivity contribution in [2.24, 2.45) is 0 Å². The molecule has 35 heavy (non-hydrogen) atoms. The predicted octanol–water partition coefficient (Wildman–Crippen LogP) is 5.61. The molecular weight excluding hydrogens is 466 g/mol. The molecule has 0 aromatic heterocycles. The molecule has 1 N–H and O–H groups in total. The lowest BCUT2D eigenvalue weighted by atomic mass is 9.93. The van der Waals surface area contributed by atoms with Gasteiger partial charge < -0.3 is 14.6 Å².